The molecule has 130 valence electrons. The number of hydrogen-bond donors (Lipinski definition) is 4. The number of aliphatic hydroxyl groups is 2. The molecule has 1 fully saturated rings. The van der Waals surface area contributed by atoms with Crippen molar-refractivity contribution in [3.8, 4) is 0 Å². The summed E-state index contributed by atoms with van der Waals surface area (Å²) in [5, 5.41) is 28.9. The van der Waals surface area contributed by atoms with E-state index in [0.29, 0.717) is 11.2 Å². The molecule has 2 aromatic heterocycles. The highest BCUT2D eigenvalue weighted by molar-refractivity contribution is 5.81. The van der Waals surface area contributed by atoms with E-state index in [4.69, 9.17) is 20.3 Å². The van der Waals surface area contributed by atoms with Crippen LogP contribution in [0, 0.1) is 0 Å². The summed E-state index contributed by atoms with van der Waals surface area (Å²) >= 11 is 0. The Bertz CT molecular complexity index is 737. The van der Waals surface area contributed by atoms with E-state index in [0.717, 1.165) is 0 Å². The Labute approximate surface area is 135 Å². The lowest BCUT2D eigenvalue weighted by atomic mass is 10.1. The van der Waals surface area contributed by atoms with Crippen molar-refractivity contribution in [3.05, 3.63) is 12.7 Å². The summed E-state index contributed by atoms with van der Waals surface area (Å²) in [5.74, 6) is -0.789. The van der Waals surface area contributed by atoms with Crippen molar-refractivity contribution >= 4 is 23.0 Å². The summed E-state index contributed by atoms with van der Waals surface area (Å²) in [6.45, 7) is -0.0633. The Morgan fingerprint density at radius 1 is 1.33 bits per heavy atom. The fraction of sp³-hybridized carbons (Fsp3) is 0.538. The number of carbonyl (C=O) groups is 1. The molecule has 5 N–H and O–H groups in total. The van der Waals surface area contributed by atoms with E-state index in [2.05, 4.69) is 15.0 Å². The van der Waals surface area contributed by atoms with Gasteiger partial charge in [0.15, 0.2) is 17.7 Å². The molecular formula is C13H17N5O6. The van der Waals surface area contributed by atoms with Gasteiger partial charge in [-0.3, -0.25) is 9.36 Å². The SMILES string of the molecule is Nc1ncnc2c1ncn2[C@@H]1O[C@H](COCCC(=O)O)[C@@H](O)[C@H]1O. The second-order valence-corrected chi connectivity index (χ2v) is 5.35. The predicted molar refractivity (Wildman–Crippen MR) is 78.7 cm³/mol. The Morgan fingerprint density at radius 3 is 2.88 bits per heavy atom. The highest BCUT2D eigenvalue weighted by Crippen LogP contribution is 2.32. The number of nitrogens with zero attached hydrogens (tertiary/aromatic N) is 4. The van der Waals surface area contributed by atoms with E-state index in [1.807, 2.05) is 0 Å². The van der Waals surface area contributed by atoms with Crippen LogP contribution in [-0.2, 0) is 14.3 Å². The Balaban J connectivity index is 1.72. The maximum atomic E-state index is 10.4. The number of hydrogen-bond acceptors (Lipinski definition) is 9. The molecular weight excluding hydrogens is 322 g/mol. The second kappa shape index (κ2) is 6.65. The molecule has 0 radical (unpaired) electrons. The van der Waals surface area contributed by atoms with Gasteiger partial charge in [-0.2, -0.15) is 0 Å². The topological polar surface area (TPSA) is 166 Å². The van der Waals surface area contributed by atoms with Crippen LogP contribution < -0.4 is 5.73 Å². The average molecular weight is 339 g/mol. The van der Waals surface area contributed by atoms with E-state index >= 15 is 0 Å². The molecule has 1 aliphatic rings. The van der Waals surface area contributed by atoms with E-state index in [9.17, 15) is 15.0 Å². The molecule has 0 aromatic carbocycles. The highest BCUT2D eigenvalue weighted by Gasteiger charge is 2.44. The minimum Gasteiger partial charge on any atom is -0.481 e. The molecule has 2 aromatic rings. The average Bonchev–Trinajstić information content (AvgIpc) is 3.08. The summed E-state index contributed by atoms with van der Waals surface area (Å²) in [4.78, 5) is 22.4. The van der Waals surface area contributed by atoms with Crippen molar-refractivity contribution in [1.29, 1.82) is 0 Å². The van der Waals surface area contributed by atoms with Crippen LogP contribution in [0.25, 0.3) is 11.2 Å². The van der Waals surface area contributed by atoms with Crippen molar-refractivity contribution in [2.75, 3.05) is 18.9 Å². The highest BCUT2D eigenvalue weighted by atomic mass is 16.6. The monoisotopic (exact) mass is 339 g/mol. The lowest BCUT2D eigenvalue weighted by molar-refractivity contribution is -0.138. The zero-order chi connectivity index (χ0) is 17.3. The van der Waals surface area contributed by atoms with Gasteiger partial charge in [0.25, 0.3) is 0 Å². The molecule has 0 aliphatic carbocycles. The van der Waals surface area contributed by atoms with Crippen molar-refractivity contribution in [2.24, 2.45) is 0 Å². The van der Waals surface area contributed by atoms with Crippen LogP contribution in [0.1, 0.15) is 12.6 Å². The predicted octanol–water partition coefficient (Wildman–Crippen LogP) is -1.48. The first kappa shape index (κ1) is 16.5. The molecule has 11 heteroatoms. The van der Waals surface area contributed by atoms with Gasteiger partial charge in [-0.15, -0.1) is 0 Å². The minimum absolute atomic E-state index is 0.0135. The first-order valence-electron chi connectivity index (χ1n) is 7.23. The molecule has 0 unspecified atom stereocenters. The summed E-state index contributed by atoms with van der Waals surface area (Å²) in [7, 11) is 0. The number of rotatable bonds is 6. The third-order valence-electron chi connectivity index (χ3n) is 3.74. The Kier molecular flexibility index (Phi) is 4.57. The number of aromatic nitrogens is 4. The zero-order valence-electron chi connectivity index (χ0n) is 12.5. The number of carboxylic acid groups (broad SMARTS) is 1. The van der Waals surface area contributed by atoms with Crippen LogP contribution in [0.3, 0.4) is 0 Å². The number of anilines is 1. The number of nitrogen functional groups attached to an aromatic ring is 1. The fourth-order valence-electron chi connectivity index (χ4n) is 2.51. The van der Waals surface area contributed by atoms with Gasteiger partial charge in [-0.25, -0.2) is 15.0 Å². The van der Waals surface area contributed by atoms with Crippen LogP contribution in [-0.4, -0.2) is 72.3 Å². The van der Waals surface area contributed by atoms with Gasteiger partial charge in [0.1, 0.15) is 30.2 Å². The standard InChI is InChI=1S/C13H17N5O6/c14-11-8-12(16-4-15-11)18(5-17-8)13-10(22)9(21)6(24-13)3-23-2-1-7(19)20/h4-6,9-10,13,21-22H,1-3H2,(H,19,20)(H2,14,15,16)/t6-,9-,10-,13-/m1/s1. The molecule has 1 aliphatic heterocycles. The minimum atomic E-state index is -1.23. The normalized spacial score (nSPS) is 26.9. The summed E-state index contributed by atoms with van der Waals surface area (Å²) in [6.07, 6.45) is -1.66. The van der Waals surface area contributed by atoms with Crippen molar-refractivity contribution in [1.82, 2.24) is 19.5 Å². The number of ether oxygens (including phenoxy) is 2. The van der Waals surface area contributed by atoms with Crippen LogP contribution in [0.5, 0.6) is 0 Å². The number of aliphatic hydroxyl groups excluding tert-OH is 2. The molecule has 0 spiro atoms. The van der Waals surface area contributed by atoms with Gasteiger partial charge in [0.2, 0.25) is 0 Å². The van der Waals surface area contributed by atoms with E-state index < -0.39 is 30.5 Å². The van der Waals surface area contributed by atoms with Gasteiger partial charge in [0.05, 0.1) is 26.0 Å². The van der Waals surface area contributed by atoms with Gasteiger partial charge < -0.3 is 30.5 Å². The van der Waals surface area contributed by atoms with E-state index in [1.54, 1.807) is 0 Å². The van der Waals surface area contributed by atoms with Gasteiger partial charge in [-0.05, 0) is 0 Å². The maximum Gasteiger partial charge on any atom is 0.305 e. The molecule has 0 saturated carbocycles. The molecule has 0 amide bonds. The molecule has 1 saturated heterocycles. The molecule has 0 bridgehead atoms. The van der Waals surface area contributed by atoms with E-state index in [1.165, 1.54) is 17.2 Å². The zero-order valence-corrected chi connectivity index (χ0v) is 12.5. The van der Waals surface area contributed by atoms with Crippen molar-refractivity contribution in [3.63, 3.8) is 0 Å². The van der Waals surface area contributed by atoms with Crippen LogP contribution >= 0.6 is 0 Å². The van der Waals surface area contributed by atoms with E-state index in [-0.39, 0.29) is 25.5 Å². The van der Waals surface area contributed by atoms with Crippen molar-refractivity contribution < 1.29 is 29.6 Å². The number of imidazole rings is 1. The van der Waals surface area contributed by atoms with Crippen LogP contribution in [0.4, 0.5) is 5.82 Å². The number of aliphatic carboxylic acids is 1. The quantitative estimate of drug-likeness (QED) is 0.456. The molecule has 3 rings (SSSR count). The number of fused-ring (bicyclic) bond motifs is 1. The third kappa shape index (κ3) is 3.01. The number of nitrogens with two attached hydrogens (primary N) is 1. The lowest BCUT2D eigenvalue weighted by Gasteiger charge is -2.16. The van der Waals surface area contributed by atoms with Gasteiger partial charge >= 0.3 is 5.97 Å². The second-order valence-electron chi connectivity index (χ2n) is 5.35. The van der Waals surface area contributed by atoms with Crippen molar-refractivity contribution in [2.45, 2.75) is 31.0 Å². The number of carboxylic acids is 1. The van der Waals surface area contributed by atoms with Crippen LogP contribution in [0.15, 0.2) is 12.7 Å². The third-order valence-corrected chi connectivity index (χ3v) is 3.74. The van der Waals surface area contributed by atoms with Gasteiger partial charge in [-0.1, -0.05) is 0 Å². The largest absolute Gasteiger partial charge is 0.481 e. The van der Waals surface area contributed by atoms with Crippen LogP contribution in [0.2, 0.25) is 0 Å². The Morgan fingerprint density at radius 2 is 2.12 bits per heavy atom. The lowest BCUT2D eigenvalue weighted by Crippen LogP contribution is -2.34. The molecule has 11 nitrogen and oxygen atoms in total. The molecule has 24 heavy (non-hydrogen) atoms. The molecule has 3 heterocycles. The first-order chi connectivity index (χ1) is 11.5. The smallest absolute Gasteiger partial charge is 0.305 e. The summed E-state index contributed by atoms with van der Waals surface area (Å²) in [5.41, 5.74) is 6.45. The molecule has 4 atom stereocenters. The summed E-state index contributed by atoms with van der Waals surface area (Å²) in [6, 6.07) is 0. The fourth-order valence-corrected chi connectivity index (χ4v) is 2.51. The summed E-state index contributed by atoms with van der Waals surface area (Å²) < 4.78 is 12.3. The Hall–Kier alpha value is -2.34. The van der Waals surface area contributed by atoms with Gasteiger partial charge in [0, 0.05) is 0 Å². The first-order valence-corrected chi connectivity index (χ1v) is 7.23. The maximum absolute atomic E-state index is 10.4.